The predicted octanol–water partition coefficient (Wildman–Crippen LogP) is 0.638. The maximum absolute atomic E-state index is 10.4. The van der Waals surface area contributed by atoms with Gasteiger partial charge in [0.25, 0.3) is 0 Å². The van der Waals surface area contributed by atoms with E-state index in [1.807, 2.05) is 0 Å². The Morgan fingerprint density at radius 2 is 1.56 bits per heavy atom. The van der Waals surface area contributed by atoms with Crippen LogP contribution >= 0.6 is 0 Å². The Labute approximate surface area is 108 Å². The molecule has 3 N–H and O–H groups in total. The van der Waals surface area contributed by atoms with Crippen molar-refractivity contribution >= 4 is 5.97 Å². The fourth-order valence-corrected chi connectivity index (χ4v) is 1.12. The molecule has 1 atom stereocenters. The molecule has 0 amide bonds. The first kappa shape index (κ1) is 17.3. The summed E-state index contributed by atoms with van der Waals surface area (Å²) in [4.78, 5) is 10.4. The monoisotopic (exact) mass is 263 g/mol. The number of carboxylic acids is 1. The second-order valence-electron chi connectivity index (χ2n) is 3.92. The molecule has 0 aromatic rings. The van der Waals surface area contributed by atoms with Crippen molar-refractivity contribution in [1.29, 1.82) is 0 Å². The molecule has 0 aliphatic heterocycles. The van der Waals surface area contributed by atoms with Gasteiger partial charge in [-0.15, -0.1) is 0 Å². The number of hydrogen-bond acceptors (Lipinski definition) is 5. The van der Waals surface area contributed by atoms with E-state index in [0.717, 1.165) is 19.4 Å². The third-order valence-corrected chi connectivity index (χ3v) is 2.28. The van der Waals surface area contributed by atoms with Gasteiger partial charge >= 0.3 is 5.97 Å². The molecule has 0 aliphatic carbocycles. The molecule has 0 fully saturated rings. The number of hydrogen-bond donors (Lipinski definition) is 2. The van der Waals surface area contributed by atoms with Gasteiger partial charge in [-0.2, -0.15) is 0 Å². The first-order valence-corrected chi connectivity index (χ1v) is 6.40. The zero-order valence-corrected chi connectivity index (χ0v) is 11.1. The van der Waals surface area contributed by atoms with Gasteiger partial charge < -0.3 is 25.1 Å². The first-order valence-electron chi connectivity index (χ1n) is 6.40. The van der Waals surface area contributed by atoms with Crippen molar-refractivity contribution in [3.8, 4) is 0 Å². The van der Waals surface area contributed by atoms with Crippen molar-refractivity contribution in [3.63, 3.8) is 0 Å². The van der Waals surface area contributed by atoms with E-state index in [0.29, 0.717) is 39.5 Å². The largest absolute Gasteiger partial charge is 0.480 e. The second-order valence-corrected chi connectivity index (χ2v) is 3.92. The SMILES string of the molecule is CCCCOCCOCCOCCC(N)C(=O)O. The predicted molar refractivity (Wildman–Crippen MR) is 67.6 cm³/mol. The molecule has 0 aromatic carbocycles. The van der Waals surface area contributed by atoms with Crippen LogP contribution in [0.25, 0.3) is 0 Å². The van der Waals surface area contributed by atoms with Gasteiger partial charge in [0, 0.05) is 13.2 Å². The molecule has 0 spiro atoms. The fraction of sp³-hybridized carbons (Fsp3) is 0.917. The van der Waals surface area contributed by atoms with E-state index < -0.39 is 12.0 Å². The highest BCUT2D eigenvalue weighted by molar-refractivity contribution is 5.72. The third kappa shape index (κ3) is 11.8. The topological polar surface area (TPSA) is 91.0 Å². The number of nitrogens with two attached hydrogens (primary N) is 1. The lowest BCUT2D eigenvalue weighted by Crippen LogP contribution is -2.31. The van der Waals surface area contributed by atoms with Crippen LogP contribution in [0.1, 0.15) is 26.2 Å². The summed E-state index contributed by atoms with van der Waals surface area (Å²) >= 11 is 0. The van der Waals surface area contributed by atoms with Crippen LogP contribution in [-0.4, -0.2) is 56.8 Å². The smallest absolute Gasteiger partial charge is 0.320 e. The van der Waals surface area contributed by atoms with E-state index in [1.165, 1.54) is 0 Å². The van der Waals surface area contributed by atoms with Crippen molar-refractivity contribution in [2.75, 3.05) is 39.6 Å². The van der Waals surface area contributed by atoms with Gasteiger partial charge in [-0.1, -0.05) is 13.3 Å². The lowest BCUT2D eigenvalue weighted by molar-refractivity contribution is -0.139. The molecule has 0 aromatic heterocycles. The molecule has 108 valence electrons. The molecule has 0 bridgehead atoms. The average molecular weight is 263 g/mol. The van der Waals surface area contributed by atoms with E-state index in [9.17, 15) is 4.79 Å². The van der Waals surface area contributed by atoms with E-state index >= 15 is 0 Å². The first-order chi connectivity index (χ1) is 8.68. The Morgan fingerprint density at radius 3 is 2.06 bits per heavy atom. The molecular weight excluding hydrogens is 238 g/mol. The van der Waals surface area contributed by atoms with Gasteiger partial charge in [0.1, 0.15) is 6.04 Å². The highest BCUT2D eigenvalue weighted by atomic mass is 16.5. The van der Waals surface area contributed by atoms with Crippen molar-refractivity contribution in [1.82, 2.24) is 0 Å². The molecule has 0 heterocycles. The number of rotatable bonds is 13. The van der Waals surface area contributed by atoms with Crippen LogP contribution in [0.15, 0.2) is 0 Å². The quantitative estimate of drug-likeness (QED) is 0.474. The van der Waals surface area contributed by atoms with Gasteiger partial charge in [0.2, 0.25) is 0 Å². The minimum atomic E-state index is -1.00. The standard InChI is InChI=1S/C12H25NO5/c1-2-3-5-16-7-9-18-10-8-17-6-4-11(13)12(14)15/h11H,2-10,13H2,1H3,(H,14,15). The van der Waals surface area contributed by atoms with E-state index in [1.54, 1.807) is 0 Å². The lowest BCUT2D eigenvalue weighted by Gasteiger charge is -2.08. The summed E-state index contributed by atoms with van der Waals surface area (Å²) in [6, 6.07) is -0.849. The third-order valence-electron chi connectivity index (χ3n) is 2.28. The minimum absolute atomic E-state index is 0.315. The molecule has 0 rings (SSSR count). The number of unbranched alkanes of at least 4 members (excludes halogenated alkanes) is 1. The molecule has 0 saturated carbocycles. The van der Waals surface area contributed by atoms with Crippen molar-refractivity contribution in [3.05, 3.63) is 0 Å². The molecule has 6 nitrogen and oxygen atoms in total. The van der Waals surface area contributed by atoms with Crippen LogP contribution in [0, 0.1) is 0 Å². The second kappa shape index (κ2) is 12.8. The fourth-order valence-electron chi connectivity index (χ4n) is 1.12. The van der Waals surface area contributed by atoms with Gasteiger partial charge in [0.15, 0.2) is 0 Å². The Balaban J connectivity index is 3.05. The molecule has 6 heteroatoms. The molecule has 18 heavy (non-hydrogen) atoms. The number of carbonyl (C=O) groups is 1. The van der Waals surface area contributed by atoms with Crippen LogP contribution in [0.5, 0.6) is 0 Å². The maximum Gasteiger partial charge on any atom is 0.320 e. The summed E-state index contributed by atoms with van der Waals surface area (Å²) in [5.74, 6) is -1.00. The van der Waals surface area contributed by atoms with Crippen LogP contribution < -0.4 is 5.73 Å². The van der Waals surface area contributed by atoms with Crippen molar-refractivity contribution < 1.29 is 24.1 Å². The number of carboxylic acid groups (broad SMARTS) is 1. The molecule has 1 unspecified atom stereocenters. The number of ether oxygens (including phenoxy) is 3. The molecule has 0 saturated heterocycles. The summed E-state index contributed by atoms with van der Waals surface area (Å²) in [7, 11) is 0. The van der Waals surface area contributed by atoms with Crippen molar-refractivity contribution in [2.24, 2.45) is 5.73 Å². The summed E-state index contributed by atoms with van der Waals surface area (Å²) in [5, 5.41) is 8.52. The van der Waals surface area contributed by atoms with Crippen LogP contribution in [0.2, 0.25) is 0 Å². The van der Waals surface area contributed by atoms with Gasteiger partial charge in [-0.25, -0.2) is 0 Å². The Bertz CT molecular complexity index is 201. The maximum atomic E-state index is 10.4. The van der Waals surface area contributed by atoms with Crippen LogP contribution in [-0.2, 0) is 19.0 Å². The highest BCUT2D eigenvalue weighted by Gasteiger charge is 2.09. The molecule has 0 radical (unpaired) electrons. The van der Waals surface area contributed by atoms with E-state index in [-0.39, 0.29) is 0 Å². The summed E-state index contributed by atoms with van der Waals surface area (Å²) in [6.07, 6.45) is 2.52. The van der Waals surface area contributed by atoms with E-state index in [2.05, 4.69) is 6.92 Å². The lowest BCUT2D eigenvalue weighted by atomic mass is 10.2. The number of aliphatic carboxylic acids is 1. The van der Waals surface area contributed by atoms with Gasteiger partial charge in [0.05, 0.1) is 26.4 Å². The van der Waals surface area contributed by atoms with Gasteiger partial charge in [-0.05, 0) is 12.8 Å². The van der Waals surface area contributed by atoms with Gasteiger partial charge in [-0.3, -0.25) is 4.79 Å². The van der Waals surface area contributed by atoms with Crippen molar-refractivity contribution in [2.45, 2.75) is 32.2 Å². The zero-order valence-electron chi connectivity index (χ0n) is 11.1. The summed E-state index contributed by atoms with van der Waals surface area (Å²) in [5.41, 5.74) is 5.31. The Morgan fingerprint density at radius 1 is 1.06 bits per heavy atom. The summed E-state index contributed by atoms with van der Waals surface area (Å²) < 4.78 is 15.8. The highest BCUT2D eigenvalue weighted by Crippen LogP contribution is 1.90. The average Bonchev–Trinajstić information content (AvgIpc) is 2.35. The molecule has 0 aliphatic rings. The van der Waals surface area contributed by atoms with E-state index in [4.69, 9.17) is 25.1 Å². The zero-order chi connectivity index (χ0) is 13.6. The molecular formula is C12H25NO5. The Hall–Kier alpha value is -0.690. The normalized spacial score (nSPS) is 12.6. The summed E-state index contributed by atoms with van der Waals surface area (Å²) in [6.45, 7) is 5.33. The van der Waals surface area contributed by atoms with Crippen LogP contribution in [0.3, 0.4) is 0 Å². The minimum Gasteiger partial charge on any atom is -0.480 e. The van der Waals surface area contributed by atoms with Crippen LogP contribution in [0.4, 0.5) is 0 Å². The Kier molecular flexibility index (Phi) is 12.3.